The van der Waals surface area contributed by atoms with Crippen LogP contribution in [0.5, 0.6) is 0 Å². The highest BCUT2D eigenvalue weighted by atomic mass is 16.5. The molecule has 84 valence electrons. The van der Waals surface area contributed by atoms with E-state index in [1.807, 2.05) is 25.1 Å². The Balaban J connectivity index is 2.27. The Hall–Kier alpha value is -1.75. The topological polar surface area (TPSA) is 72.0 Å². The molecule has 0 fully saturated rings. The second-order valence-corrected chi connectivity index (χ2v) is 3.70. The predicted molar refractivity (Wildman–Crippen MR) is 57.6 cm³/mol. The van der Waals surface area contributed by atoms with Gasteiger partial charge < -0.3 is 9.63 Å². The van der Waals surface area contributed by atoms with Crippen LogP contribution < -0.4 is 0 Å². The molecule has 0 aliphatic heterocycles. The summed E-state index contributed by atoms with van der Waals surface area (Å²) in [5.41, 5.74) is 0.662. The lowest BCUT2D eigenvalue weighted by atomic mass is 10.1. The maximum atomic E-state index is 9.41. The molecule has 0 radical (unpaired) electrons. The normalized spacial score (nSPS) is 14.7. The van der Waals surface area contributed by atoms with Crippen molar-refractivity contribution in [3.05, 3.63) is 30.3 Å². The van der Waals surface area contributed by atoms with Crippen molar-refractivity contribution in [1.82, 2.24) is 15.1 Å². The van der Waals surface area contributed by atoms with Gasteiger partial charge >= 0.3 is 0 Å². The molecular weight excluding hydrogens is 206 g/mol. The van der Waals surface area contributed by atoms with E-state index in [0.717, 1.165) is 0 Å². The first-order chi connectivity index (χ1) is 7.68. The van der Waals surface area contributed by atoms with Gasteiger partial charge in [0, 0.05) is 6.20 Å². The highest BCUT2D eigenvalue weighted by Crippen LogP contribution is 2.20. The Bertz CT molecular complexity index is 453. The molecule has 0 saturated heterocycles. The van der Waals surface area contributed by atoms with Gasteiger partial charge in [-0.1, -0.05) is 18.1 Å². The van der Waals surface area contributed by atoms with Gasteiger partial charge in [-0.3, -0.25) is 4.98 Å². The van der Waals surface area contributed by atoms with Gasteiger partial charge in [-0.15, -0.1) is 0 Å². The maximum absolute atomic E-state index is 9.41. The monoisotopic (exact) mass is 219 g/mol. The van der Waals surface area contributed by atoms with Crippen molar-refractivity contribution in [1.29, 1.82) is 0 Å². The molecule has 2 aromatic heterocycles. The van der Waals surface area contributed by atoms with Crippen LogP contribution in [-0.4, -0.2) is 26.3 Å². The van der Waals surface area contributed by atoms with E-state index in [-0.39, 0.29) is 5.92 Å². The second-order valence-electron chi connectivity index (χ2n) is 3.70. The minimum absolute atomic E-state index is 0.176. The largest absolute Gasteiger partial charge is 0.393 e. The summed E-state index contributed by atoms with van der Waals surface area (Å²) in [6, 6.07) is 5.49. The van der Waals surface area contributed by atoms with Crippen LogP contribution >= 0.6 is 0 Å². The molecule has 2 atom stereocenters. The lowest BCUT2D eigenvalue weighted by Gasteiger charge is -2.07. The molecule has 0 bridgehead atoms. The number of rotatable bonds is 3. The molecule has 5 heteroatoms. The van der Waals surface area contributed by atoms with Crippen molar-refractivity contribution in [2.24, 2.45) is 0 Å². The van der Waals surface area contributed by atoms with Crippen molar-refractivity contribution in [2.75, 3.05) is 0 Å². The van der Waals surface area contributed by atoms with E-state index in [1.54, 1.807) is 13.1 Å². The molecule has 0 aliphatic carbocycles. The molecule has 2 aromatic rings. The molecule has 0 spiro atoms. The predicted octanol–water partition coefficient (Wildman–Crippen LogP) is 1.62. The highest BCUT2D eigenvalue weighted by molar-refractivity contribution is 5.47. The van der Waals surface area contributed by atoms with Gasteiger partial charge in [-0.25, -0.2) is 0 Å². The molecule has 0 aromatic carbocycles. The van der Waals surface area contributed by atoms with E-state index in [2.05, 4.69) is 15.1 Å². The summed E-state index contributed by atoms with van der Waals surface area (Å²) >= 11 is 0. The molecular formula is C11H13N3O2. The molecule has 2 heterocycles. The minimum Gasteiger partial charge on any atom is -0.393 e. The zero-order chi connectivity index (χ0) is 11.5. The molecule has 2 unspecified atom stereocenters. The third kappa shape index (κ3) is 2.09. The summed E-state index contributed by atoms with van der Waals surface area (Å²) in [5, 5.41) is 13.2. The van der Waals surface area contributed by atoms with Crippen LogP contribution in [0.3, 0.4) is 0 Å². The van der Waals surface area contributed by atoms with Crippen LogP contribution in [-0.2, 0) is 0 Å². The quantitative estimate of drug-likeness (QED) is 0.849. The van der Waals surface area contributed by atoms with Crippen molar-refractivity contribution in [3.63, 3.8) is 0 Å². The average molecular weight is 219 g/mol. The summed E-state index contributed by atoms with van der Waals surface area (Å²) in [6.07, 6.45) is 1.15. The molecule has 0 saturated carbocycles. The fourth-order valence-electron chi connectivity index (χ4n) is 1.23. The molecule has 2 rings (SSSR count). The van der Waals surface area contributed by atoms with E-state index >= 15 is 0 Å². The summed E-state index contributed by atoms with van der Waals surface area (Å²) < 4.78 is 5.08. The first kappa shape index (κ1) is 10.8. The number of aromatic nitrogens is 3. The molecule has 16 heavy (non-hydrogen) atoms. The Kier molecular flexibility index (Phi) is 2.96. The van der Waals surface area contributed by atoms with Crippen LogP contribution in [0.4, 0.5) is 0 Å². The lowest BCUT2D eigenvalue weighted by molar-refractivity contribution is 0.151. The van der Waals surface area contributed by atoms with Gasteiger partial charge in [0.25, 0.3) is 0 Å². The van der Waals surface area contributed by atoms with Crippen molar-refractivity contribution < 1.29 is 9.63 Å². The zero-order valence-electron chi connectivity index (χ0n) is 9.16. The van der Waals surface area contributed by atoms with Crippen LogP contribution in [0, 0.1) is 0 Å². The summed E-state index contributed by atoms with van der Waals surface area (Å²) in [5.74, 6) is 0.698. The van der Waals surface area contributed by atoms with Crippen molar-refractivity contribution in [3.8, 4) is 11.5 Å². The van der Waals surface area contributed by atoms with Gasteiger partial charge in [0.1, 0.15) is 5.69 Å². The number of pyridine rings is 1. The van der Waals surface area contributed by atoms with Crippen LogP contribution in [0.2, 0.25) is 0 Å². The Morgan fingerprint density at radius 2 is 2.12 bits per heavy atom. The van der Waals surface area contributed by atoms with Crippen molar-refractivity contribution >= 4 is 0 Å². The minimum atomic E-state index is -0.517. The lowest BCUT2D eigenvalue weighted by Crippen LogP contribution is -2.11. The van der Waals surface area contributed by atoms with Gasteiger partial charge in [-0.05, 0) is 19.1 Å². The van der Waals surface area contributed by atoms with Crippen molar-refractivity contribution in [2.45, 2.75) is 25.9 Å². The summed E-state index contributed by atoms with van der Waals surface area (Å²) in [6.45, 7) is 3.52. The number of nitrogens with zero attached hydrogens (tertiary/aromatic N) is 3. The smallest absolute Gasteiger partial charge is 0.232 e. The van der Waals surface area contributed by atoms with E-state index in [9.17, 15) is 5.11 Å². The number of hydrogen-bond donors (Lipinski definition) is 1. The third-order valence-electron chi connectivity index (χ3n) is 2.45. The first-order valence-electron chi connectivity index (χ1n) is 5.11. The van der Waals surface area contributed by atoms with Crippen LogP contribution in [0.15, 0.2) is 28.9 Å². The fraction of sp³-hybridized carbons (Fsp3) is 0.364. The highest BCUT2D eigenvalue weighted by Gasteiger charge is 2.19. The summed E-state index contributed by atoms with van der Waals surface area (Å²) in [7, 11) is 0. The van der Waals surface area contributed by atoms with Crippen LogP contribution in [0.1, 0.15) is 25.7 Å². The van der Waals surface area contributed by atoms with E-state index < -0.39 is 6.10 Å². The Morgan fingerprint density at radius 1 is 1.31 bits per heavy atom. The maximum Gasteiger partial charge on any atom is 0.232 e. The zero-order valence-corrected chi connectivity index (χ0v) is 9.16. The fourth-order valence-corrected chi connectivity index (χ4v) is 1.23. The second kappa shape index (κ2) is 4.40. The van der Waals surface area contributed by atoms with E-state index in [4.69, 9.17) is 4.52 Å². The summed E-state index contributed by atoms with van der Waals surface area (Å²) in [4.78, 5) is 8.32. The van der Waals surface area contributed by atoms with Gasteiger partial charge in [-0.2, -0.15) is 4.98 Å². The third-order valence-corrected chi connectivity index (χ3v) is 2.45. The average Bonchev–Trinajstić information content (AvgIpc) is 2.78. The molecule has 0 amide bonds. The van der Waals surface area contributed by atoms with Crippen LogP contribution in [0.25, 0.3) is 11.5 Å². The first-order valence-corrected chi connectivity index (χ1v) is 5.11. The van der Waals surface area contributed by atoms with E-state index in [1.165, 1.54) is 0 Å². The van der Waals surface area contributed by atoms with Gasteiger partial charge in [0.2, 0.25) is 11.7 Å². The molecule has 0 aliphatic rings. The standard InChI is InChI=1S/C11H13N3O2/c1-7(8(2)15)11-13-10(14-16-11)9-5-3-4-6-12-9/h3-8,15H,1-2H3. The Morgan fingerprint density at radius 3 is 2.75 bits per heavy atom. The van der Waals surface area contributed by atoms with E-state index in [0.29, 0.717) is 17.4 Å². The molecule has 1 N–H and O–H groups in total. The Labute approximate surface area is 93.1 Å². The SMILES string of the molecule is CC(O)C(C)c1nc(-c2ccccn2)no1. The number of hydrogen-bond acceptors (Lipinski definition) is 5. The molecule has 5 nitrogen and oxygen atoms in total. The van der Waals surface area contributed by atoms with Gasteiger partial charge in [0.15, 0.2) is 0 Å². The number of aliphatic hydroxyl groups excluding tert-OH is 1. The number of aliphatic hydroxyl groups is 1. The van der Waals surface area contributed by atoms with Gasteiger partial charge in [0.05, 0.1) is 12.0 Å².